The fourth-order valence-electron chi connectivity index (χ4n) is 0.877. The van der Waals surface area contributed by atoms with Gasteiger partial charge in [-0.05, 0) is 6.92 Å². The molecule has 1 N–H and O–H groups in total. The average Bonchev–Trinajstić information content (AvgIpc) is 2.52. The lowest BCUT2D eigenvalue weighted by molar-refractivity contribution is -0.142. The third kappa shape index (κ3) is 2.70. The molecule has 0 amide bonds. The van der Waals surface area contributed by atoms with Crippen molar-refractivity contribution in [3.8, 4) is 0 Å². The minimum Gasteiger partial charge on any atom is -0.466 e. The second kappa shape index (κ2) is 4.39. The molecule has 0 unspecified atom stereocenters. The number of imidazole rings is 1. The van der Waals surface area contributed by atoms with Crippen molar-refractivity contribution in [2.75, 3.05) is 6.61 Å². The molecule has 1 heterocycles. The summed E-state index contributed by atoms with van der Waals surface area (Å²) in [5.74, 6) is 0.0925. The van der Waals surface area contributed by atoms with E-state index in [9.17, 15) is 9.59 Å². The first kappa shape index (κ1) is 9.44. The second-order valence-electron chi connectivity index (χ2n) is 2.38. The van der Waals surface area contributed by atoms with Crippen molar-refractivity contribution in [3.05, 3.63) is 17.7 Å². The summed E-state index contributed by atoms with van der Waals surface area (Å²) in [6.45, 7) is 2.08. The first-order chi connectivity index (χ1) is 6.26. The average molecular weight is 182 g/mol. The summed E-state index contributed by atoms with van der Waals surface area (Å²) in [5, 5.41) is 0. The lowest BCUT2D eigenvalue weighted by atomic mass is 10.4. The van der Waals surface area contributed by atoms with E-state index in [1.54, 1.807) is 6.92 Å². The monoisotopic (exact) mass is 182 g/mol. The van der Waals surface area contributed by atoms with E-state index in [4.69, 9.17) is 4.74 Å². The maximum Gasteiger partial charge on any atom is 0.313 e. The highest BCUT2D eigenvalue weighted by Gasteiger charge is 2.06. The van der Waals surface area contributed by atoms with Crippen molar-refractivity contribution in [2.45, 2.75) is 13.3 Å². The van der Waals surface area contributed by atoms with Gasteiger partial charge in [-0.25, -0.2) is 4.98 Å². The van der Waals surface area contributed by atoms with E-state index in [2.05, 4.69) is 9.97 Å². The summed E-state index contributed by atoms with van der Waals surface area (Å²) < 4.78 is 4.70. The molecule has 0 bridgehead atoms. The number of aromatic nitrogens is 2. The van der Waals surface area contributed by atoms with Crippen LogP contribution in [0.25, 0.3) is 0 Å². The zero-order chi connectivity index (χ0) is 9.68. The number of hydrogen-bond donors (Lipinski definition) is 1. The van der Waals surface area contributed by atoms with Gasteiger partial charge < -0.3 is 9.72 Å². The third-order valence-corrected chi connectivity index (χ3v) is 1.39. The van der Waals surface area contributed by atoms with E-state index < -0.39 is 0 Å². The number of carbonyl (C=O) groups is 2. The molecule has 0 spiro atoms. The van der Waals surface area contributed by atoms with Crippen LogP contribution in [0.4, 0.5) is 0 Å². The van der Waals surface area contributed by atoms with Gasteiger partial charge in [-0.2, -0.15) is 0 Å². The quantitative estimate of drug-likeness (QED) is 0.538. The zero-order valence-corrected chi connectivity index (χ0v) is 7.24. The number of hydrogen-bond acceptors (Lipinski definition) is 4. The molecule has 0 saturated carbocycles. The molecular formula is C8H10N2O3. The predicted octanol–water partition coefficient (Wildman–Crippen LogP) is 0.328. The smallest absolute Gasteiger partial charge is 0.313 e. The van der Waals surface area contributed by atoms with Gasteiger partial charge in [-0.15, -0.1) is 0 Å². The SMILES string of the molecule is CCOC(=O)Cc1ncc(C=O)[nH]1. The Hall–Kier alpha value is -1.65. The molecule has 0 atom stereocenters. The Morgan fingerprint density at radius 2 is 2.54 bits per heavy atom. The highest BCUT2D eigenvalue weighted by atomic mass is 16.5. The molecule has 5 nitrogen and oxygen atoms in total. The lowest BCUT2D eigenvalue weighted by Crippen LogP contribution is -2.08. The van der Waals surface area contributed by atoms with Gasteiger partial charge in [0.05, 0.1) is 18.5 Å². The number of H-pyrrole nitrogens is 1. The zero-order valence-electron chi connectivity index (χ0n) is 7.24. The molecule has 0 aliphatic heterocycles. The second-order valence-corrected chi connectivity index (χ2v) is 2.38. The minimum atomic E-state index is -0.353. The summed E-state index contributed by atoms with van der Waals surface area (Å²) in [5.41, 5.74) is 0.360. The normalized spacial score (nSPS) is 9.62. The predicted molar refractivity (Wildman–Crippen MR) is 44.3 cm³/mol. The van der Waals surface area contributed by atoms with E-state index in [1.165, 1.54) is 6.20 Å². The fourth-order valence-corrected chi connectivity index (χ4v) is 0.877. The van der Waals surface area contributed by atoms with Crippen LogP contribution in [0.5, 0.6) is 0 Å². The molecular weight excluding hydrogens is 172 g/mol. The van der Waals surface area contributed by atoms with Crippen LogP contribution in [0.2, 0.25) is 0 Å². The summed E-state index contributed by atoms with van der Waals surface area (Å²) in [4.78, 5) is 27.7. The largest absolute Gasteiger partial charge is 0.466 e. The molecule has 0 aliphatic carbocycles. The van der Waals surface area contributed by atoms with Crippen LogP contribution in [0.1, 0.15) is 23.2 Å². The number of carbonyl (C=O) groups excluding carboxylic acids is 2. The Morgan fingerprint density at radius 1 is 1.77 bits per heavy atom. The first-order valence-corrected chi connectivity index (χ1v) is 3.91. The van der Waals surface area contributed by atoms with Gasteiger partial charge in [0.1, 0.15) is 12.2 Å². The topological polar surface area (TPSA) is 72.0 Å². The van der Waals surface area contributed by atoms with Gasteiger partial charge in [0.25, 0.3) is 0 Å². The molecule has 1 rings (SSSR count). The van der Waals surface area contributed by atoms with Crippen molar-refractivity contribution in [3.63, 3.8) is 0 Å². The molecule has 0 fully saturated rings. The lowest BCUT2D eigenvalue weighted by Gasteiger charge is -1.97. The van der Waals surface area contributed by atoms with Gasteiger partial charge in [0, 0.05) is 0 Å². The number of aromatic amines is 1. The van der Waals surface area contributed by atoms with Crippen LogP contribution in [-0.2, 0) is 16.0 Å². The number of nitrogens with one attached hydrogen (secondary N) is 1. The Kier molecular flexibility index (Phi) is 3.19. The summed E-state index contributed by atoms with van der Waals surface area (Å²) >= 11 is 0. The van der Waals surface area contributed by atoms with Gasteiger partial charge in [-0.1, -0.05) is 0 Å². The van der Waals surface area contributed by atoms with Crippen LogP contribution >= 0.6 is 0 Å². The molecule has 0 aromatic carbocycles. The Bertz CT molecular complexity index is 306. The van der Waals surface area contributed by atoms with Gasteiger partial charge >= 0.3 is 5.97 Å². The maximum absolute atomic E-state index is 10.9. The van der Waals surface area contributed by atoms with Crippen LogP contribution in [0, 0.1) is 0 Å². The van der Waals surface area contributed by atoms with Crippen LogP contribution < -0.4 is 0 Å². The van der Waals surface area contributed by atoms with Crippen molar-refractivity contribution >= 4 is 12.3 Å². The summed E-state index contributed by atoms with van der Waals surface area (Å²) in [6, 6.07) is 0. The van der Waals surface area contributed by atoms with Gasteiger partial charge in [-0.3, -0.25) is 9.59 Å². The fraction of sp³-hybridized carbons (Fsp3) is 0.375. The first-order valence-electron chi connectivity index (χ1n) is 3.91. The number of aldehydes is 1. The number of esters is 1. The Morgan fingerprint density at radius 3 is 3.08 bits per heavy atom. The van der Waals surface area contributed by atoms with Crippen LogP contribution in [0.15, 0.2) is 6.20 Å². The third-order valence-electron chi connectivity index (χ3n) is 1.39. The van der Waals surface area contributed by atoms with Crippen molar-refractivity contribution in [1.82, 2.24) is 9.97 Å². The highest BCUT2D eigenvalue weighted by molar-refractivity contribution is 5.73. The van der Waals surface area contributed by atoms with E-state index in [-0.39, 0.29) is 12.4 Å². The molecule has 70 valence electrons. The Labute approximate surface area is 75.1 Å². The molecule has 5 heteroatoms. The standard InChI is InChI=1S/C8H10N2O3/c1-2-13-8(12)3-7-9-4-6(5-11)10-7/h4-5H,2-3H2,1H3,(H,9,10). The molecule has 0 aliphatic rings. The van der Waals surface area contributed by atoms with E-state index in [0.717, 1.165) is 0 Å². The molecule has 0 radical (unpaired) electrons. The van der Waals surface area contributed by atoms with Crippen LogP contribution in [0.3, 0.4) is 0 Å². The van der Waals surface area contributed by atoms with Crippen molar-refractivity contribution in [1.29, 1.82) is 0 Å². The Balaban J connectivity index is 2.53. The van der Waals surface area contributed by atoms with Crippen LogP contribution in [-0.4, -0.2) is 28.8 Å². The molecule has 1 aromatic rings. The maximum atomic E-state index is 10.9. The van der Waals surface area contributed by atoms with E-state index >= 15 is 0 Å². The van der Waals surface area contributed by atoms with Crippen molar-refractivity contribution < 1.29 is 14.3 Å². The van der Waals surface area contributed by atoms with Crippen molar-refractivity contribution in [2.24, 2.45) is 0 Å². The minimum absolute atomic E-state index is 0.0711. The number of nitrogens with zero attached hydrogens (tertiary/aromatic N) is 1. The number of ether oxygens (including phenoxy) is 1. The summed E-state index contributed by atoms with van der Waals surface area (Å²) in [7, 11) is 0. The highest BCUT2D eigenvalue weighted by Crippen LogP contribution is 1.96. The molecule has 13 heavy (non-hydrogen) atoms. The molecule has 1 aromatic heterocycles. The van der Waals surface area contributed by atoms with E-state index in [1.807, 2.05) is 0 Å². The summed E-state index contributed by atoms with van der Waals surface area (Å²) in [6.07, 6.45) is 2.09. The number of rotatable bonds is 4. The van der Waals surface area contributed by atoms with Gasteiger partial charge in [0.2, 0.25) is 0 Å². The van der Waals surface area contributed by atoms with E-state index in [0.29, 0.717) is 24.4 Å². The van der Waals surface area contributed by atoms with Gasteiger partial charge in [0.15, 0.2) is 6.29 Å². The molecule has 0 saturated heterocycles.